The van der Waals surface area contributed by atoms with E-state index in [1.165, 1.54) is 24.8 Å². The van der Waals surface area contributed by atoms with Gasteiger partial charge < -0.3 is 14.2 Å². The molecule has 5 nitrogen and oxygen atoms in total. The molecule has 5 heteroatoms. The van der Waals surface area contributed by atoms with Gasteiger partial charge in [0, 0.05) is 12.5 Å². The Hall–Kier alpha value is -3.08. The number of esters is 2. The summed E-state index contributed by atoms with van der Waals surface area (Å²) in [6.45, 7) is 11.2. The Balaban J connectivity index is 1.90. The first-order valence-electron chi connectivity index (χ1n) is 11.2. The largest absolute Gasteiger partial charge is 0.488 e. The van der Waals surface area contributed by atoms with E-state index in [4.69, 9.17) is 14.2 Å². The Morgan fingerprint density at radius 3 is 2.22 bits per heavy atom. The van der Waals surface area contributed by atoms with Gasteiger partial charge in [-0.15, -0.1) is 0 Å². The Morgan fingerprint density at radius 1 is 1.00 bits per heavy atom. The molecule has 0 N–H and O–H groups in total. The molecular weight excluding hydrogens is 404 g/mol. The second-order valence-corrected chi connectivity index (χ2v) is 8.53. The molecule has 0 bridgehead atoms. The highest BCUT2D eigenvalue weighted by Gasteiger charge is 2.25. The summed E-state index contributed by atoms with van der Waals surface area (Å²) in [7, 11) is 0. The van der Waals surface area contributed by atoms with Crippen molar-refractivity contribution < 1.29 is 23.8 Å². The molecule has 172 valence electrons. The van der Waals surface area contributed by atoms with Gasteiger partial charge in [0.05, 0.1) is 5.56 Å². The van der Waals surface area contributed by atoms with E-state index in [1.54, 1.807) is 24.3 Å². The van der Waals surface area contributed by atoms with Crippen LogP contribution in [0, 0.1) is 0 Å². The van der Waals surface area contributed by atoms with Crippen LogP contribution in [0.5, 0.6) is 11.5 Å². The van der Waals surface area contributed by atoms with E-state index in [0.29, 0.717) is 23.5 Å². The van der Waals surface area contributed by atoms with E-state index in [1.807, 2.05) is 45.0 Å². The fourth-order valence-electron chi connectivity index (χ4n) is 3.47. The van der Waals surface area contributed by atoms with Crippen LogP contribution in [0.25, 0.3) is 0 Å². The quantitative estimate of drug-likeness (QED) is 0.168. The molecule has 0 amide bonds. The lowest BCUT2D eigenvalue weighted by atomic mass is 10.0. The Bertz CT molecular complexity index is 881. The molecule has 0 heterocycles. The number of hydrogen-bond acceptors (Lipinski definition) is 5. The van der Waals surface area contributed by atoms with Crippen molar-refractivity contribution >= 4 is 11.9 Å². The monoisotopic (exact) mass is 438 g/mol. The summed E-state index contributed by atoms with van der Waals surface area (Å²) in [5.41, 5.74) is 1.12. The summed E-state index contributed by atoms with van der Waals surface area (Å²) in [5.74, 6) is 0.269. The third kappa shape index (κ3) is 8.58. The molecule has 2 aromatic rings. The highest BCUT2D eigenvalue weighted by atomic mass is 16.5. The zero-order valence-electron chi connectivity index (χ0n) is 19.6. The molecule has 0 aliphatic rings. The summed E-state index contributed by atoms with van der Waals surface area (Å²) in [4.78, 5) is 23.8. The SMILES string of the molecule is C=CC(=O)OC(C)CC(C)(C)Oc1ccc(C(=O)Oc2ccc(CCCCC)cc2)cc1. The van der Waals surface area contributed by atoms with E-state index in [2.05, 4.69) is 13.5 Å². The molecule has 0 aliphatic carbocycles. The zero-order valence-corrected chi connectivity index (χ0v) is 19.6. The predicted octanol–water partition coefficient (Wildman–Crippen LogP) is 6.30. The van der Waals surface area contributed by atoms with Crippen molar-refractivity contribution in [2.24, 2.45) is 0 Å². The number of aryl methyl sites for hydroxylation is 1. The minimum absolute atomic E-state index is 0.317. The fraction of sp³-hybridized carbons (Fsp3) is 0.407. The van der Waals surface area contributed by atoms with Crippen LogP contribution in [0.4, 0.5) is 0 Å². The van der Waals surface area contributed by atoms with E-state index in [-0.39, 0.29) is 6.10 Å². The van der Waals surface area contributed by atoms with E-state index >= 15 is 0 Å². The van der Waals surface area contributed by atoms with Gasteiger partial charge in [-0.3, -0.25) is 0 Å². The van der Waals surface area contributed by atoms with Crippen LogP contribution >= 0.6 is 0 Å². The van der Waals surface area contributed by atoms with Gasteiger partial charge in [-0.1, -0.05) is 38.5 Å². The smallest absolute Gasteiger partial charge is 0.343 e. The van der Waals surface area contributed by atoms with Crippen LogP contribution in [0.1, 0.15) is 69.3 Å². The number of unbranched alkanes of at least 4 members (excludes halogenated alkanes) is 2. The Labute approximate surface area is 191 Å². The minimum Gasteiger partial charge on any atom is -0.488 e. The minimum atomic E-state index is -0.568. The van der Waals surface area contributed by atoms with Crippen molar-refractivity contribution in [3.63, 3.8) is 0 Å². The van der Waals surface area contributed by atoms with E-state index < -0.39 is 17.5 Å². The molecule has 0 saturated heterocycles. The van der Waals surface area contributed by atoms with Crippen LogP contribution in [-0.2, 0) is 16.0 Å². The Kier molecular flexibility index (Phi) is 9.51. The number of ether oxygens (including phenoxy) is 3. The lowest BCUT2D eigenvalue weighted by Crippen LogP contribution is -2.33. The molecule has 1 unspecified atom stereocenters. The van der Waals surface area contributed by atoms with Crippen LogP contribution in [-0.4, -0.2) is 23.6 Å². The molecule has 1 atom stereocenters. The number of benzene rings is 2. The van der Waals surface area contributed by atoms with Crippen molar-refractivity contribution in [3.8, 4) is 11.5 Å². The first-order valence-corrected chi connectivity index (χ1v) is 11.2. The van der Waals surface area contributed by atoms with Crippen LogP contribution in [0.15, 0.2) is 61.2 Å². The highest BCUT2D eigenvalue weighted by Crippen LogP contribution is 2.24. The summed E-state index contributed by atoms with van der Waals surface area (Å²) in [6.07, 6.45) is 5.95. The van der Waals surface area contributed by atoms with Crippen molar-refractivity contribution in [1.82, 2.24) is 0 Å². The van der Waals surface area contributed by atoms with E-state index in [9.17, 15) is 9.59 Å². The number of carbonyl (C=O) groups excluding carboxylic acids is 2. The molecule has 0 fully saturated rings. The van der Waals surface area contributed by atoms with Crippen LogP contribution in [0.2, 0.25) is 0 Å². The fourth-order valence-corrected chi connectivity index (χ4v) is 3.47. The molecule has 0 spiro atoms. The van der Waals surface area contributed by atoms with Gasteiger partial charge in [0.25, 0.3) is 0 Å². The standard InChI is InChI=1S/C27H34O5/c1-6-8-9-10-21-11-15-23(16-12-21)31-26(29)22-13-17-24(18-14-22)32-27(4,5)19-20(3)30-25(28)7-2/h7,11-18,20H,2,6,8-10,19H2,1,3-5H3. The van der Waals surface area contributed by atoms with Gasteiger partial charge in [-0.2, -0.15) is 0 Å². The average molecular weight is 439 g/mol. The maximum absolute atomic E-state index is 12.5. The van der Waals surface area contributed by atoms with Crippen LogP contribution in [0.3, 0.4) is 0 Å². The van der Waals surface area contributed by atoms with E-state index in [0.717, 1.165) is 12.5 Å². The predicted molar refractivity (Wildman–Crippen MR) is 126 cm³/mol. The van der Waals surface area contributed by atoms with Gasteiger partial charge in [-0.05, 0) is 75.6 Å². The topological polar surface area (TPSA) is 61.8 Å². The van der Waals surface area contributed by atoms with Crippen molar-refractivity contribution in [1.29, 1.82) is 0 Å². The number of rotatable bonds is 12. The summed E-state index contributed by atoms with van der Waals surface area (Å²) in [6, 6.07) is 14.5. The highest BCUT2D eigenvalue weighted by molar-refractivity contribution is 5.91. The molecule has 0 aliphatic heterocycles. The molecular formula is C27H34O5. The molecule has 2 rings (SSSR count). The van der Waals surface area contributed by atoms with Gasteiger partial charge in [-0.25, -0.2) is 9.59 Å². The molecule has 0 radical (unpaired) electrons. The lowest BCUT2D eigenvalue weighted by molar-refractivity contribution is -0.144. The summed E-state index contributed by atoms with van der Waals surface area (Å²) >= 11 is 0. The maximum Gasteiger partial charge on any atom is 0.343 e. The molecule has 32 heavy (non-hydrogen) atoms. The normalized spacial score (nSPS) is 12.0. The van der Waals surface area contributed by atoms with Crippen LogP contribution < -0.4 is 9.47 Å². The second-order valence-electron chi connectivity index (χ2n) is 8.53. The van der Waals surface area contributed by atoms with Gasteiger partial charge >= 0.3 is 11.9 Å². The zero-order chi connectivity index (χ0) is 23.6. The summed E-state index contributed by atoms with van der Waals surface area (Å²) in [5, 5.41) is 0. The first-order chi connectivity index (χ1) is 15.2. The Morgan fingerprint density at radius 2 is 1.62 bits per heavy atom. The molecule has 0 aromatic heterocycles. The lowest BCUT2D eigenvalue weighted by Gasteiger charge is -2.29. The third-order valence-corrected chi connectivity index (χ3v) is 4.95. The van der Waals surface area contributed by atoms with Gasteiger partial charge in [0.15, 0.2) is 0 Å². The summed E-state index contributed by atoms with van der Waals surface area (Å²) < 4.78 is 16.7. The second kappa shape index (κ2) is 12.1. The average Bonchev–Trinajstić information content (AvgIpc) is 2.74. The first kappa shape index (κ1) is 25.2. The molecule has 2 aromatic carbocycles. The number of hydrogen-bond donors (Lipinski definition) is 0. The molecule has 0 saturated carbocycles. The van der Waals surface area contributed by atoms with Gasteiger partial charge in [0.1, 0.15) is 23.2 Å². The van der Waals surface area contributed by atoms with Crippen molar-refractivity contribution in [3.05, 3.63) is 72.3 Å². The maximum atomic E-state index is 12.5. The van der Waals surface area contributed by atoms with Gasteiger partial charge in [0.2, 0.25) is 0 Å². The third-order valence-electron chi connectivity index (χ3n) is 4.95. The number of carbonyl (C=O) groups is 2. The van der Waals surface area contributed by atoms with Crippen molar-refractivity contribution in [2.45, 2.75) is 71.5 Å². The van der Waals surface area contributed by atoms with Crippen molar-refractivity contribution in [2.75, 3.05) is 0 Å².